The van der Waals surface area contributed by atoms with Crippen molar-refractivity contribution in [1.82, 2.24) is 9.71 Å². The number of hydrogen-bond acceptors (Lipinski definition) is 2. The molecule has 0 amide bonds. The van der Waals surface area contributed by atoms with E-state index in [2.05, 4.69) is 9.71 Å². The number of aromatic nitrogens is 1. The van der Waals surface area contributed by atoms with Crippen LogP contribution in [0, 0.1) is 5.82 Å². The molecule has 3 aromatic rings. The average Bonchev–Trinajstić information content (AvgIpc) is 2.97. The monoisotopic (exact) mass is 380 g/mol. The highest BCUT2D eigenvalue weighted by molar-refractivity contribution is 7.89. The topological polar surface area (TPSA) is 62.0 Å². The molecule has 2 aromatic carbocycles. The van der Waals surface area contributed by atoms with Crippen molar-refractivity contribution in [2.45, 2.75) is 24.2 Å². The van der Waals surface area contributed by atoms with E-state index in [1.165, 1.54) is 36.4 Å². The molecule has 0 fully saturated rings. The Morgan fingerprint density at radius 3 is 2.52 bits per heavy atom. The molecule has 0 unspecified atom stereocenters. The van der Waals surface area contributed by atoms with E-state index in [9.17, 15) is 12.8 Å². The summed E-state index contributed by atoms with van der Waals surface area (Å²) >= 11 is 5.80. The van der Waals surface area contributed by atoms with Crippen molar-refractivity contribution < 1.29 is 12.8 Å². The normalized spacial score (nSPS) is 12.6. The number of nitrogens with one attached hydrogen (secondary N) is 2. The number of halogens is 2. The number of rotatable bonds is 5. The summed E-state index contributed by atoms with van der Waals surface area (Å²) in [6, 6.07) is 10.5. The van der Waals surface area contributed by atoms with Crippen LogP contribution in [0.4, 0.5) is 4.39 Å². The largest absolute Gasteiger partial charge is 0.361 e. The number of sulfonamides is 1. The van der Waals surface area contributed by atoms with Crippen LogP contribution in [0.5, 0.6) is 0 Å². The van der Waals surface area contributed by atoms with Gasteiger partial charge in [-0.05, 0) is 48.0 Å². The van der Waals surface area contributed by atoms with Gasteiger partial charge in [0.15, 0.2) is 0 Å². The van der Waals surface area contributed by atoms with Crippen LogP contribution in [-0.2, 0) is 15.4 Å². The van der Waals surface area contributed by atoms with Crippen molar-refractivity contribution in [2.75, 3.05) is 6.54 Å². The van der Waals surface area contributed by atoms with Crippen molar-refractivity contribution in [3.8, 4) is 0 Å². The van der Waals surface area contributed by atoms with Crippen LogP contribution < -0.4 is 4.72 Å². The third kappa shape index (κ3) is 3.71. The van der Waals surface area contributed by atoms with Gasteiger partial charge in [-0.1, -0.05) is 25.4 Å². The van der Waals surface area contributed by atoms with E-state index >= 15 is 0 Å². The molecule has 0 aliphatic heterocycles. The van der Waals surface area contributed by atoms with E-state index in [1.54, 1.807) is 12.3 Å². The Bertz CT molecular complexity index is 1010. The van der Waals surface area contributed by atoms with Crippen molar-refractivity contribution in [3.63, 3.8) is 0 Å². The van der Waals surface area contributed by atoms with Crippen LogP contribution in [0.3, 0.4) is 0 Å². The molecule has 0 aliphatic carbocycles. The molecular weight excluding hydrogens is 363 g/mol. The Balaban J connectivity index is 1.84. The predicted molar refractivity (Wildman–Crippen MR) is 97.9 cm³/mol. The number of aromatic amines is 1. The van der Waals surface area contributed by atoms with Gasteiger partial charge in [-0.2, -0.15) is 0 Å². The van der Waals surface area contributed by atoms with Gasteiger partial charge in [-0.25, -0.2) is 17.5 Å². The third-order valence-corrected chi connectivity index (χ3v) is 5.87. The number of hydrogen-bond donors (Lipinski definition) is 2. The van der Waals surface area contributed by atoms with E-state index < -0.39 is 15.4 Å². The first kappa shape index (κ1) is 17.9. The van der Waals surface area contributed by atoms with Gasteiger partial charge in [-0.15, -0.1) is 0 Å². The van der Waals surface area contributed by atoms with Crippen LogP contribution in [0.15, 0.2) is 53.6 Å². The van der Waals surface area contributed by atoms with Crippen molar-refractivity contribution in [1.29, 1.82) is 0 Å². The van der Waals surface area contributed by atoms with Gasteiger partial charge in [0.2, 0.25) is 10.0 Å². The second-order valence-electron chi connectivity index (χ2n) is 6.55. The Hall–Kier alpha value is -1.89. The number of fused-ring (bicyclic) bond motifs is 1. The average molecular weight is 381 g/mol. The lowest BCUT2D eigenvalue weighted by Crippen LogP contribution is -2.36. The van der Waals surface area contributed by atoms with Gasteiger partial charge in [0, 0.05) is 34.1 Å². The first-order chi connectivity index (χ1) is 11.7. The van der Waals surface area contributed by atoms with Crippen molar-refractivity contribution in [2.24, 2.45) is 0 Å². The maximum Gasteiger partial charge on any atom is 0.240 e. The maximum absolute atomic E-state index is 13.3. The minimum atomic E-state index is -3.64. The third-order valence-electron chi connectivity index (χ3n) is 4.20. The van der Waals surface area contributed by atoms with Gasteiger partial charge in [0.25, 0.3) is 0 Å². The van der Waals surface area contributed by atoms with Crippen LogP contribution >= 0.6 is 11.6 Å². The summed E-state index contributed by atoms with van der Waals surface area (Å²) in [5.74, 6) is -0.317. The van der Waals surface area contributed by atoms with Crippen LogP contribution in [0.25, 0.3) is 10.9 Å². The van der Waals surface area contributed by atoms with Crippen molar-refractivity contribution >= 4 is 32.5 Å². The standard InChI is InChI=1S/C18H18ClFN2O2S/c1-18(2,16-10-21-17-9-13(20)5-8-15(16)17)11-22-25(23,24)14-6-3-12(19)4-7-14/h3-10,21-22H,11H2,1-2H3. The van der Waals surface area contributed by atoms with E-state index in [0.717, 1.165) is 10.9 Å². The summed E-state index contributed by atoms with van der Waals surface area (Å²) in [7, 11) is -3.64. The van der Waals surface area contributed by atoms with Gasteiger partial charge >= 0.3 is 0 Å². The SMILES string of the molecule is CC(C)(CNS(=O)(=O)c1ccc(Cl)cc1)c1c[nH]c2cc(F)ccc12. The summed E-state index contributed by atoms with van der Waals surface area (Å²) in [6.45, 7) is 4.06. The smallest absolute Gasteiger partial charge is 0.240 e. The fourth-order valence-electron chi connectivity index (χ4n) is 2.73. The van der Waals surface area contributed by atoms with Gasteiger partial charge < -0.3 is 4.98 Å². The lowest BCUT2D eigenvalue weighted by molar-refractivity contribution is 0.504. The highest BCUT2D eigenvalue weighted by Crippen LogP contribution is 2.30. The van der Waals surface area contributed by atoms with Gasteiger partial charge in [-0.3, -0.25) is 0 Å². The first-order valence-electron chi connectivity index (χ1n) is 7.71. The molecule has 1 heterocycles. The summed E-state index contributed by atoms with van der Waals surface area (Å²) in [5.41, 5.74) is 1.11. The molecule has 7 heteroatoms. The zero-order chi connectivity index (χ0) is 18.2. The lowest BCUT2D eigenvalue weighted by Gasteiger charge is -2.25. The van der Waals surface area contributed by atoms with E-state index in [-0.39, 0.29) is 17.3 Å². The van der Waals surface area contributed by atoms with E-state index in [1.807, 2.05) is 13.8 Å². The molecule has 0 bridgehead atoms. The molecule has 25 heavy (non-hydrogen) atoms. The molecule has 3 rings (SSSR count). The molecular formula is C18H18ClFN2O2S. The molecule has 0 saturated carbocycles. The lowest BCUT2D eigenvalue weighted by atomic mass is 9.85. The summed E-state index contributed by atoms with van der Waals surface area (Å²) in [5, 5.41) is 1.35. The summed E-state index contributed by atoms with van der Waals surface area (Å²) in [4.78, 5) is 3.20. The Kier molecular flexibility index (Phi) is 4.62. The molecule has 2 N–H and O–H groups in total. The van der Waals surface area contributed by atoms with Gasteiger partial charge in [0.1, 0.15) is 5.82 Å². The molecule has 0 aliphatic rings. The fourth-order valence-corrected chi connectivity index (χ4v) is 4.06. The Morgan fingerprint density at radius 1 is 1.16 bits per heavy atom. The van der Waals surface area contributed by atoms with Crippen LogP contribution in [-0.4, -0.2) is 19.9 Å². The first-order valence-corrected chi connectivity index (χ1v) is 9.57. The molecule has 4 nitrogen and oxygen atoms in total. The molecule has 1 aromatic heterocycles. The summed E-state index contributed by atoms with van der Waals surface area (Å²) in [6.07, 6.45) is 1.79. The molecule has 0 atom stereocenters. The molecule has 132 valence electrons. The van der Waals surface area contributed by atoms with Crippen molar-refractivity contribution in [3.05, 3.63) is 65.1 Å². The summed E-state index contributed by atoms with van der Waals surface area (Å²) < 4.78 is 40.9. The minimum absolute atomic E-state index is 0.161. The van der Waals surface area contributed by atoms with Crippen LogP contribution in [0.2, 0.25) is 5.02 Å². The van der Waals surface area contributed by atoms with E-state index in [4.69, 9.17) is 11.6 Å². The quantitative estimate of drug-likeness (QED) is 0.696. The number of H-pyrrole nitrogens is 1. The Labute approximate surface area is 151 Å². The minimum Gasteiger partial charge on any atom is -0.361 e. The second kappa shape index (κ2) is 6.44. The fraction of sp³-hybridized carbons (Fsp3) is 0.222. The van der Waals surface area contributed by atoms with E-state index in [0.29, 0.717) is 10.5 Å². The van der Waals surface area contributed by atoms with Crippen LogP contribution in [0.1, 0.15) is 19.4 Å². The maximum atomic E-state index is 13.3. The highest BCUT2D eigenvalue weighted by Gasteiger charge is 2.26. The predicted octanol–water partition coefficient (Wildman–Crippen LogP) is 4.22. The molecule has 0 saturated heterocycles. The molecule has 0 radical (unpaired) electrons. The second-order valence-corrected chi connectivity index (χ2v) is 8.76. The Morgan fingerprint density at radius 2 is 1.84 bits per heavy atom. The number of benzene rings is 2. The highest BCUT2D eigenvalue weighted by atomic mass is 35.5. The molecule has 0 spiro atoms. The zero-order valence-electron chi connectivity index (χ0n) is 13.8. The van der Waals surface area contributed by atoms with Gasteiger partial charge in [0.05, 0.1) is 4.90 Å². The zero-order valence-corrected chi connectivity index (χ0v) is 15.4.